The lowest BCUT2D eigenvalue weighted by atomic mass is 10.1. The van der Waals surface area contributed by atoms with Crippen LogP contribution in [-0.2, 0) is 20.0 Å². The summed E-state index contributed by atoms with van der Waals surface area (Å²) in [5.41, 5.74) is 2.06. The summed E-state index contributed by atoms with van der Waals surface area (Å²) in [7, 11) is 1.71. The third-order valence-electron chi connectivity index (χ3n) is 3.36. The van der Waals surface area contributed by atoms with Crippen molar-refractivity contribution >= 4 is 23.2 Å². The zero-order valence-corrected chi connectivity index (χ0v) is 13.4. The van der Waals surface area contributed by atoms with Gasteiger partial charge < -0.3 is 5.32 Å². The van der Waals surface area contributed by atoms with Crippen molar-refractivity contribution in [1.29, 1.82) is 0 Å². The Bertz CT molecular complexity index is 809. The van der Waals surface area contributed by atoms with E-state index in [4.69, 9.17) is 11.6 Å². The first-order chi connectivity index (χ1) is 11.1. The predicted octanol–water partition coefficient (Wildman–Crippen LogP) is 2.77. The number of nitrogens with zero attached hydrogens (tertiary/aromatic N) is 4. The molecule has 7 heteroatoms. The molecule has 23 heavy (non-hydrogen) atoms. The van der Waals surface area contributed by atoms with E-state index >= 15 is 0 Å². The first-order valence-corrected chi connectivity index (χ1v) is 7.56. The van der Waals surface area contributed by atoms with E-state index in [-0.39, 0.29) is 11.6 Å². The van der Waals surface area contributed by atoms with Crippen LogP contribution in [0, 0.1) is 0 Å². The third kappa shape index (κ3) is 3.78. The molecule has 0 radical (unpaired) electrons. The SMILES string of the molecule is Cn1cc(Cl)c(C(=O)Nc2cnn(CCc3ccccc3)c2)n1. The number of hydrogen-bond acceptors (Lipinski definition) is 3. The van der Waals surface area contributed by atoms with E-state index in [1.165, 1.54) is 10.2 Å². The van der Waals surface area contributed by atoms with E-state index in [9.17, 15) is 4.79 Å². The van der Waals surface area contributed by atoms with E-state index in [2.05, 4.69) is 27.6 Å². The molecule has 1 amide bonds. The van der Waals surface area contributed by atoms with Crippen molar-refractivity contribution in [3.05, 3.63) is 65.2 Å². The average Bonchev–Trinajstić information content (AvgIpc) is 3.12. The number of carbonyl (C=O) groups is 1. The Hall–Kier alpha value is -2.60. The Labute approximate surface area is 138 Å². The molecule has 0 bridgehead atoms. The summed E-state index contributed by atoms with van der Waals surface area (Å²) in [6, 6.07) is 10.2. The van der Waals surface area contributed by atoms with Crippen molar-refractivity contribution in [2.75, 3.05) is 5.32 Å². The van der Waals surface area contributed by atoms with Gasteiger partial charge in [-0.3, -0.25) is 14.2 Å². The fourth-order valence-corrected chi connectivity index (χ4v) is 2.51. The van der Waals surface area contributed by atoms with Gasteiger partial charge in [0.1, 0.15) is 0 Å². The molecule has 1 N–H and O–H groups in total. The first kappa shape index (κ1) is 15.3. The van der Waals surface area contributed by atoms with Gasteiger partial charge in [-0.1, -0.05) is 41.9 Å². The molecule has 0 atom stereocenters. The number of amides is 1. The van der Waals surface area contributed by atoms with Crippen LogP contribution in [0.15, 0.2) is 48.9 Å². The molecule has 0 unspecified atom stereocenters. The quantitative estimate of drug-likeness (QED) is 0.782. The normalized spacial score (nSPS) is 10.7. The van der Waals surface area contributed by atoms with Crippen molar-refractivity contribution in [3.63, 3.8) is 0 Å². The Kier molecular flexibility index (Phi) is 4.43. The molecule has 2 aromatic heterocycles. The van der Waals surface area contributed by atoms with Crippen LogP contribution in [0.4, 0.5) is 5.69 Å². The Morgan fingerprint density at radius 1 is 1.26 bits per heavy atom. The number of benzene rings is 1. The van der Waals surface area contributed by atoms with Gasteiger partial charge in [-0.2, -0.15) is 10.2 Å². The van der Waals surface area contributed by atoms with E-state index in [1.54, 1.807) is 30.3 Å². The summed E-state index contributed by atoms with van der Waals surface area (Å²) in [6.45, 7) is 0.740. The van der Waals surface area contributed by atoms with Crippen LogP contribution in [-0.4, -0.2) is 25.5 Å². The van der Waals surface area contributed by atoms with Crippen LogP contribution < -0.4 is 5.32 Å². The molecule has 6 nitrogen and oxygen atoms in total. The molecule has 0 aliphatic carbocycles. The van der Waals surface area contributed by atoms with Crippen LogP contribution in [0.1, 0.15) is 16.1 Å². The molecule has 3 rings (SSSR count). The Balaban J connectivity index is 1.61. The van der Waals surface area contributed by atoms with Crippen LogP contribution in [0.3, 0.4) is 0 Å². The van der Waals surface area contributed by atoms with Crippen molar-refractivity contribution < 1.29 is 4.79 Å². The van der Waals surface area contributed by atoms with Gasteiger partial charge in [-0.15, -0.1) is 0 Å². The summed E-state index contributed by atoms with van der Waals surface area (Å²) in [5.74, 6) is -0.349. The van der Waals surface area contributed by atoms with Crippen LogP contribution in [0.25, 0.3) is 0 Å². The van der Waals surface area contributed by atoms with Crippen molar-refractivity contribution in [2.45, 2.75) is 13.0 Å². The summed E-state index contributed by atoms with van der Waals surface area (Å²) >= 11 is 5.96. The predicted molar refractivity (Wildman–Crippen MR) is 88.5 cm³/mol. The summed E-state index contributed by atoms with van der Waals surface area (Å²) in [4.78, 5) is 12.1. The second-order valence-electron chi connectivity index (χ2n) is 5.18. The third-order valence-corrected chi connectivity index (χ3v) is 3.64. The van der Waals surface area contributed by atoms with Crippen LogP contribution in [0.5, 0.6) is 0 Å². The van der Waals surface area contributed by atoms with Gasteiger partial charge in [0.15, 0.2) is 5.69 Å². The Morgan fingerprint density at radius 3 is 2.74 bits per heavy atom. The minimum Gasteiger partial charge on any atom is -0.318 e. The van der Waals surface area contributed by atoms with E-state index < -0.39 is 0 Å². The van der Waals surface area contributed by atoms with Crippen LogP contribution >= 0.6 is 11.6 Å². The van der Waals surface area contributed by atoms with Gasteiger partial charge in [0.2, 0.25) is 0 Å². The maximum atomic E-state index is 12.1. The second-order valence-corrected chi connectivity index (χ2v) is 5.59. The molecule has 0 fully saturated rings. The molecular weight excluding hydrogens is 314 g/mol. The maximum absolute atomic E-state index is 12.1. The van der Waals surface area contributed by atoms with E-state index in [0.717, 1.165) is 13.0 Å². The van der Waals surface area contributed by atoms with E-state index in [0.29, 0.717) is 10.7 Å². The number of anilines is 1. The van der Waals surface area contributed by atoms with Crippen molar-refractivity contribution in [3.8, 4) is 0 Å². The minimum atomic E-state index is -0.349. The number of carbonyl (C=O) groups excluding carboxylic acids is 1. The van der Waals surface area contributed by atoms with Crippen molar-refractivity contribution in [1.82, 2.24) is 19.6 Å². The minimum absolute atomic E-state index is 0.200. The largest absolute Gasteiger partial charge is 0.318 e. The molecule has 2 heterocycles. The molecule has 0 saturated carbocycles. The molecule has 118 valence electrons. The highest BCUT2D eigenvalue weighted by Crippen LogP contribution is 2.15. The number of aryl methyl sites for hydroxylation is 3. The fraction of sp³-hybridized carbons (Fsp3) is 0.188. The second kappa shape index (κ2) is 6.66. The zero-order chi connectivity index (χ0) is 16.2. The molecule has 0 spiro atoms. The lowest BCUT2D eigenvalue weighted by molar-refractivity contribution is 0.102. The highest BCUT2D eigenvalue weighted by atomic mass is 35.5. The number of nitrogens with one attached hydrogen (secondary N) is 1. The molecule has 0 saturated heterocycles. The van der Waals surface area contributed by atoms with Gasteiger partial charge in [0.25, 0.3) is 5.91 Å². The van der Waals surface area contributed by atoms with Crippen molar-refractivity contribution in [2.24, 2.45) is 7.05 Å². The summed E-state index contributed by atoms with van der Waals surface area (Å²) < 4.78 is 3.29. The highest BCUT2D eigenvalue weighted by Gasteiger charge is 2.15. The number of rotatable bonds is 5. The number of hydrogen-bond donors (Lipinski definition) is 1. The molecular formula is C16H16ClN5O. The Morgan fingerprint density at radius 2 is 2.04 bits per heavy atom. The van der Waals surface area contributed by atoms with E-state index in [1.807, 2.05) is 18.2 Å². The molecule has 3 aromatic rings. The summed E-state index contributed by atoms with van der Waals surface area (Å²) in [6.07, 6.45) is 5.86. The zero-order valence-electron chi connectivity index (χ0n) is 12.6. The molecule has 0 aliphatic rings. The fourth-order valence-electron chi connectivity index (χ4n) is 2.24. The summed E-state index contributed by atoms with van der Waals surface area (Å²) in [5, 5.41) is 11.4. The smallest absolute Gasteiger partial charge is 0.277 e. The van der Waals surface area contributed by atoms with Gasteiger partial charge >= 0.3 is 0 Å². The molecule has 0 aliphatic heterocycles. The topological polar surface area (TPSA) is 64.7 Å². The van der Waals surface area contributed by atoms with Gasteiger partial charge in [-0.25, -0.2) is 0 Å². The average molecular weight is 330 g/mol. The van der Waals surface area contributed by atoms with Gasteiger partial charge in [-0.05, 0) is 12.0 Å². The van der Waals surface area contributed by atoms with Crippen LogP contribution in [0.2, 0.25) is 5.02 Å². The van der Waals surface area contributed by atoms with Gasteiger partial charge in [0, 0.05) is 26.0 Å². The lowest BCUT2D eigenvalue weighted by Crippen LogP contribution is -2.13. The van der Waals surface area contributed by atoms with Gasteiger partial charge in [0.05, 0.1) is 16.9 Å². The first-order valence-electron chi connectivity index (χ1n) is 7.19. The lowest BCUT2D eigenvalue weighted by Gasteiger charge is -2.02. The molecule has 1 aromatic carbocycles. The highest BCUT2D eigenvalue weighted by molar-refractivity contribution is 6.34. The number of aromatic nitrogens is 4. The monoisotopic (exact) mass is 329 g/mol. The number of halogens is 1. The standard InChI is InChI=1S/C16H16ClN5O/c1-21-11-14(17)15(20-21)16(23)19-13-9-18-22(10-13)8-7-12-5-3-2-4-6-12/h2-6,9-11H,7-8H2,1H3,(H,19,23). The maximum Gasteiger partial charge on any atom is 0.277 e.